The maximum absolute atomic E-state index is 11.1. The molecule has 3 heteroatoms. The molecule has 0 atom stereocenters. The van der Waals surface area contributed by atoms with Gasteiger partial charge in [0.2, 0.25) is 0 Å². The molecule has 0 unspecified atom stereocenters. The summed E-state index contributed by atoms with van der Waals surface area (Å²) in [5, 5.41) is 0. The number of nitrogens with two attached hydrogens (primary N) is 1. The van der Waals surface area contributed by atoms with Gasteiger partial charge in [0.25, 0.3) is 5.56 Å². The summed E-state index contributed by atoms with van der Waals surface area (Å²) in [7, 11) is 0. The van der Waals surface area contributed by atoms with Crippen LogP contribution in [0.1, 0.15) is 18.1 Å². The van der Waals surface area contributed by atoms with Crippen LogP contribution >= 0.6 is 0 Å². The van der Waals surface area contributed by atoms with Gasteiger partial charge in [0.15, 0.2) is 0 Å². The SMILES string of the molecule is CCc1cc[nH]c(=O)c1CN. The van der Waals surface area contributed by atoms with Crippen molar-refractivity contribution in [2.45, 2.75) is 19.9 Å². The van der Waals surface area contributed by atoms with Gasteiger partial charge in [-0.3, -0.25) is 4.79 Å². The fourth-order valence-corrected chi connectivity index (χ4v) is 1.11. The highest BCUT2D eigenvalue weighted by atomic mass is 16.1. The number of aromatic amines is 1. The lowest BCUT2D eigenvalue weighted by atomic mass is 10.1. The van der Waals surface area contributed by atoms with Gasteiger partial charge in [-0.15, -0.1) is 0 Å². The first-order valence-corrected chi connectivity index (χ1v) is 3.69. The molecule has 0 aliphatic carbocycles. The Morgan fingerprint density at radius 3 is 2.82 bits per heavy atom. The molecule has 0 saturated heterocycles. The maximum Gasteiger partial charge on any atom is 0.252 e. The van der Waals surface area contributed by atoms with E-state index in [0.29, 0.717) is 12.1 Å². The van der Waals surface area contributed by atoms with E-state index >= 15 is 0 Å². The molecule has 1 heterocycles. The van der Waals surface area contributed by atoms with Gasteiger partial charge >= 0.3 is 0 Å². The zero-order valence-electron chi connectivity index (χ0n) is 6.55. The minimum absolute atomic E-state index is 0.0631. The van der Waals surface area contributed by atoms with Crippen LogP contribution in [0.5, 0.6) is 0 Å². The van der Waals surface area contributed by atoms with Crippen LogP contribution in [0.15, 0.2) is 17.1 Å². The molecule has 0 aliphatic rings. The molecule has 1 aromatic heterocycles. The average Bonchev–Trinajstić information content (AvgIpc) is 2.04. The number of aromatic nitrogens is 1. The van der Waals surface area contributed by atoms with Crippen molar-refractivity contribution in [1.82, 2.24) is 4.98 Å². The summed E-state index contributed by atoms with van der Waals surface area (Å²) < 4.78 is 0. The smallest absolute Gasteiger partial charge is 0.252 e. The molecule has 0 radical (unpaired) electrons. The van der Waals surface area contributed by atoms with Crippen molar-refractivity contribution in [3.8, 4) is 0 Å². The fourth-order valence-electron chi connectivity index (χ4n) is 1.11. The molecule has 3 N–H and O–H groups in total. The zero-order chi connectivity index (χ0) is 8.27. The summed E-state index contributed by atoms with van der Waals surface area (Å²) in [5.74, 6) is 0. The van der Waals surface area contributed by atoms with Crippen molar-refractivity contribution in [2.75, 3.05) is 0 Å². The molecule has 0 aliphatic heterocycles. The third kappa shape index (κ3) is 1.49. The van der Waals surface area contributed by atoms with E-state index in [1.807, 2.05) is 13.0 Å². The summed E-state index contributed by atoms with van der Waals surface area (Å²) in [4.78, 5) is 13.7. The van der Waals surface area contributed by atoms with Crippen molar-refractivity contribution in [1.29, 1.82) is 0 Å². The molecule has 0 amide bonds. The van der Waals surface area contributed by atoms with E-state index in [0.717, 1.165) is 12.0 Å². The second-order valence-electron chi connectivity index (χ2n) is 2.37. The van der Waals surface area contributed by atoms with E-state index in [1.54, 1.807) is 6.20 Å². The molecule has 0 bridgehead atoms. The van der Waals surface area contributed by atoms with Gasteiger partial charge in [0, 0.05) is 18.3 Å². The van der Waals surface area contributed by atoms with Gasteiger partial charge in [-0.1, -0.05) is 6.92 Å². The Morgan fingerprint density at radius 2 is 2.36 bits per heavy atom. The van der Waals surface area contributed by atoms with Gasteiger partial charge < -0.3 is 10.7 Å². The minimum Gasteiger partial charge on any atom is -0.329 e. The molecule has 0 fully saturated rings. The second-order valence-corrected chi connectivity index (χ2v) is 2.37. The lowest BCUT2D eigenvalue weighted by Crippen LogP contribution is -2.17. The summed E-state index contributed by atoms with van der Waals surface area (Å²) in [5.41, 5.74) is 7.09. The highest BCUT2D eigenvalue weighted by Crippen LogP contribution is 2.01. The normalized spacial score (nSPS) is 10.0. The lowest BCUT2D eigenvalue weighted by molar-refractivity contribution is 0.957. The second kappa shape index (κ2) is 3.34. The largest absolute Gasteiger partial charge is 0.329 e. The van der Waals surface area contributed by atoms with Crippen LogP contribution in [0.2, 0.25) is 0 Å². The Morgan fingerprint density at radius 1 is 1.64 bits per heavy atom. The van der Waals surface area contributed by atoms with Crippen molar-refractivity contribution in [3.05, 3.63) is 33.7 Å². The Labute approximate surface area is 65.2 Å². The first kappa shape index (κ1) is 8.01. The average molecular weight is 152 g/mol. The highest BCUT2D eigenvalue weighted by Gasteiger charge is 2.01. The van der Waals surface area contributed by atoms with Crippen LogP contribution in [0.4, 0.5) is 0 Å². The number of hydrogen-bond acceptors (Lipinski definition) is 2. The van der Waals surface area contributed by atoms with E-state index in [1.165, 1.54) is 0 Å². The van der Waals surface area contributed by atoms with E-state index in [4.69, 9.17) is 5.73 Å². The predicted molar refractivity (Wildman–Crippen MR) is 44.3 cm³/mol. The molecule has 3 nitrogen and oxygen atoms in total. The van der Waals surface area contributed by atoms with Gasteiger partial charge in [-0.25, -0.2) is 0 Å². The van der Waals surface area contributed by atoms with E-state index in [-0.39, 0.29) is 5.56 Å². The standard InChI is InChI=1S/C8H12N2O/c1-2-6-3-4-10-8(11)7(6)5-9/h3-4H,2,5,9H2,1H3,(H,10,11). The summed E-state index contributed by atoms with van der Waals surface area (Å²) >= 11 is 0. The first-order chi connectivity index (χ1) is 5.29. The zero-order valence-corrected chi connectivity index (χ0v) is 6.55. The first-order valence-electron chi connectivity index (χ1n) is 3.69. The van der Waals surface area contributed by atoms with Gasteiger partial charge in [-0.2, -0.15) is 0 Å². The highest BCUT2D eigenvalue weighted by molar-refractivity contribution is 5.22. The minimum atomic E-state index is -0.0631. The molecule has 0 saturated carbocycles. The number of H-pyrrole nitrogens is 1. The quantitative estimate of drug-likeness (QED) is 0.644. The Kier molecular flexibility index (Phi) is 2.44. The molecule has 11 heavy (non-hydrogen) atoms. The Bertz CT molecular complexity index is 290. The molecule has 1 aromatic rings. The Hall–Kier alpha value is -1.09. The van der Waals surface area contributed by atoms with Crippen LogP contribution in [0.3, 0.4) is 0 Å². The number of aryl methyl sites for hydroxylation is 1. The van der Waals surface area contributed by atoms with Crippen LogP contribution in [0.25, 0.3) is 0 Å². The van der Waals surface area contributed by atoms with Gasteiger partial charge in [0.1, 0.15) is 0 Å². The molecule has 0 aromatic carbocycles. The topological polar surface area (TPSA) is 58.9 Å². The van der Waals surface area contributed by atoms with Crippen LogP contribution in [-0.2, 0) is 13.0 Å². The third-order valence-electron chi connectivity index (χ3n) is 1.75. The van der Waals surface area contributed by atoms with Crippen molar-refractivity contribution in [2.24, 2.45) is 5.73 Å². The fraction of sp³-hybridized carbons (Fsp3) is 0.375. The Balaban J connectivity index is 3.24. The molecule has 0 spiro atoms. The third-order valence-corrected chi connectivity index (χ3v) is 1.75. The maximum atomic E-state index is 11.1. The van der Waals surface area contributed by atoms with Crippen LogP contribution in [-0.4, -0.2) is 4.98 Å². The number of hydrogen-bond donors (Lipinski definition) is 2. The van der Waals surface area contributed by atoms with E-state index in [9.17, 15) is 4.79 Å². The van der Waals surface area contributed by atoms with Gasteiger partial charge in [0.05, 0.1) is 0 Å². The van der Waals surface area contributed by atoms with Crippen molar-refractivity contribution >= 4 is 0 Å². The van der Waals surface area contributed by atoms with E-state index < -0.39 is 0 Å². The van der Waals surface area contributed by atoms with Gasteiger partial charge in [-0.05, 0) is 18.1 Å². The molecular weight excluding hydrogens is 140 g/mol. The lowest BCUT2D eigenvalue weighted by Gasteiger charge is -2.01. The number of rotatable bonds is 2. The number of pyridine rings is 1. The molecule has 60 valence electrons. The summed E-state index contributed by atoms with van der Waals surface area (Å²) in [6.45, 7) is 2.33. The molecular formula is C8H12N2O. The number of nitrogens with one attached hydrogen (secondary N) is 1. The molecule has 1 rings (SSSR count). The summed E-state index contributed by atoms with van der Waals surface area (Å²) in [6, 6.07) is 1.89. The predicted octanol–water partition coefficient (Wildman–Crippen LogP) is 0.396. The van der Waals surface area contributed by atoms with Crippen LogP contribution in [0, 0.1) is 0 Å². The van der Waals surface area contributed by atoms with Crippen LogP contribution < -0.4 is 11.3 Å². The van der Waals surface area contributed by atoms with E-state index in [2.05, 4.69) is 4.98 Å². The van der Waals surface area contributed by atoms with Crippen molar-refractivity contribution in [3.63, 3.8) is 0 Å². The summed E-state index contributed by atoms with van der Waals surface area (Å²) in [6.07, 6.45) is 2.51. The van der Waals surface area contributed by atoms with Crippen molar-refractivity contribution < 1.29 is 0 Å². The monoisotopic (exact) mass is 152 g/mol.